The van der Waals surface area contributed by atoms with Crippen molar-refractivity contribution in [2.75, 3.05) is 38.0 Å². The monoisotopic (exact) mass is 409 g/mol. The van der Waals surface area contributed by atoms with Gasteiger partial charge in [0, 0.05) is 44.6 Å². The van der Waals surface area contributed by atoms with Crippen molar-refractivity contribution in [1.82, 2.24) is 20.1 Å². The van der Waals surface area contributed by atoms with Crippen molar-refractivity contribution in [3.05, 3.63) is 59.4 Å². The molecule has 2 heterocycles. The molecule has 1 aromatic carbocycles. The SMILES string of the molecule is Cc1cccc(C)c1NC(=O)CNC(=O)C(C)N1CCN(Cc2ccccn2)CC1. The van der Waals surface area contributed by atoms with Crippen molar-refractivity contribution in [1.29, 1.82) is 0 Å². The van der Waals surface area contributed by atoms with Crippen LogP contribution in [0.15, 0.2) is 42.6 Å². The number of nitrogens with one attached hydrogen (secondary N) is 2. The van der Waals surface area contributed by atoms with Crippen LogP contribution in [0.4, 0.5) is 5.69 Å². The zero-order valence-corrected chi connectivity index (χ0v) is 18.0. The van der Waals surface area contributed by atoms with Gasteiger partial charge in [0.25, 0.3) is 0 Å². The van der Waals surface area contributed by atoms with Crippen LogP contribution >= 0.6 is 0 Å². The molecule has 1 aromatic heterocycles. The van der Waals surface area contributed by atoms with E-state index in [9.17, 15) is 9.59 Å². The predicted molar refractivity (Wildman–Crippen MR) is 118 cm³/mol. The Morgan fingerprint density at radius 2 is 1.73 bits per heavy atom. The Kier molecular flexibility index (Phi) is 7.54. The van der Waals surface area contributed by atoms with E-state index in [2.05, 4.69) is 25.4 Å². The molecule has 2 N–H and O–H groups in total. The molecule has 1 saturated heterocycles. The van der Waals surface area contributed by atoms with Crippen LogP contribution in [0.5, 0.6) is 0 Å². The highest BCUT2D eigenvalue weighted by Gasteiger charge is 2.26. The fraction of sp³-hybridized carbons (Fsp3) is 0.435. The minimum Gasteiger partial charge on any atom is -0.346 e. The maximum atomic E-state index is 12.5. The molecule has 2 aromatic rings. The normalized spacial score (nSPS) is 16.1. The Morgan fingerprint density at radius 1 is 1.03 bits per heavy atom. The van der Waals surface area contributed by atoms with Crippen LogP contribution in [0.25, 0.3) is 0 Å². The van der Waals surface area contributed by atoms with E-state index in [-0.39, 0.29) is 24.4 Å². The molecule has 1 fully saturated rings. The van der Waals surface area contributed by atoms with E-state index >= 15 is 0 Å². The number of amides is 2. The first-order chi connectivity index (χ1) is 14.4. The van der Waals surface area contributed by atoms with E-state index in [0.29, 0.717) is 0 Å². The third-order valence-corrected chi connectivity index (χ3v) is 5.61. The van der Waals surface area contributed by atoms with Crippen molar-refractivity contribution in [2.45, 2.75) is 33.4 Å². The summed E-state index contributed by atoms with van der Waals surface area (Å²) in [4.78, 5) is 33.7. The van der Waals surface area contributed by atoms with Crippen LogP contribution in [-0.2, 0) is 16.1 Å². The second-order valence-corrected chi connectivity index (χ2v) is 7.84. The number of hydrogen-bond acceptors (Lipinski definition) is 5. The summed E-state index contributed by atoms with van der Waals surface area (Å²) in [5.74, 6) is -0.335. The van der Waals surface area contributed by atoms with Crippen LogP contribution in [0, 0.1) is 13.8 Å². The van der Waals surface area contributed by atoms with Crippen LogP contribution in [-0.4, -0.2) is 65.4 Å². The average molecular weight is 410 g/mol. The summed E-state index contributed by atoms with van der Waals surface area (Å²) in [7, 11) is 0. The smallest absolute Gasteiger partial charge is 0.243 e. The molecule has 0 bridgehead atoms. The van der Waals surface area contributed by atoms with Crippen LogP contribution in [0.3, 0.4) is 0 Å². The van der Waals surface area contributed by atoms with Crippen LogP contribution in [0.2, 0.25) is 0 Å². The third kappa shape index (κ3) is 5.87. The lowest BCUT2D eigenvalue weighted by Gasteiger charge is -2.37. The minimum absolute atomic E-state index is 0.0312. The summed E-state index contributed by atoms with van der Waals surface area (Å²) >= 11 is 0. The fourth-order valence-corrected chi connectivity index (χ4v) is 3.71. The highest BCUT2D eigenvalue weighted by atomic mass is 16.2. The Bertz CT molecular complexity index is 843. The number of pyridine rings is 1. The Morgan fingerprint density at radius 3 is 2.37 bits per heavy atom. The number of para-hydroxylation sites is 1. The van der Waals surface area contributed by atoms with Crippen molar-refractivity contribution in [2.24, 2.45) is 0 Å². The molecule has 1 aliphatic rings. The van der Waals surface area contributed by atoms with Gasteiger partial charge < -0.3 is 10.6 Å². The minimum atomic E-state index is -0.269. The molecule has 30 heavy (non-hydrogen) atoms. The second-order valence-electron chi connectivity index (χ2n) is 7.84. The number of anilines is 1. The lowest BCUT2D eigenvalue weighted by atomic mass is 10.1. The number of carbonyl (C=O) groups is 2. The topological polar surface area (TPSA) is 77.6 Å². The predicted octanol–water partition coefficient (Wildman–Crippen LogP) is 1.96. The summed E-state index contributed by atoms with van der Waals surface area (Å²) in [5, 5.41) is 5.67. The van der Waals surface area contributed by atoms with Gasteiger partial charge in [0.2, 0.25) is 11.8 Å². The number of piperazine rings is 1. The summed E-state index contributed by atoms with van der Waals surface area (Å²) in [6.07, 6.45) is 1.81. The van der Waals surface area contributed by atoms with Gasteiger partial charge in [0.1, 0.15) is 0 Å². The van der Waals surface area contributed by atoms with E-state index in [4.69, 9.17) is 0 Å². The zero-order valence-electron chi connectivity index (χ0n) is 18.0. The Labute approximate surface area is 178 Å². The van der Waals surface area contributed by atoms with Gasteiger partial charge in [-0.15, -0.1) is 0 Å². The first-order valence-corrected chi connectivity index (χ1v) is 10.4. The summed E-state index contributed by atoms with van der Waals surface area (Å²) in [5.41, 5.74) is 3.89. The van der Waals surface area contributed by atoms with E-state index < -0.39 is 0 Å². The van der Waals surface area contributed by atoms with Gasteiger partial charge >= 0.3 is 0 Å². The largest absolute Gasteiger partial charge is 0.346 e. The first-order valence-electron chi connectivity index (χ1n) is 10.4. The van der Waals surface area contributed by atoms with Crippen molar-refractivity contribution >= 4 is 17.5 Å². The second kappa shape index (κ2) is 10.3. The summed E-state index contributed by atoms with van der Waals surface area (Å²) < 4.78 is 0. The van der Waals surface area contributed by atoms with Gasteiger partial charge in [-0.3, -0.25) is 24.4 Å². The van der Waals surface area contributed by atoms with E-state index in [1.54, 1.807) is 0 Å². The van der Waals surface area contributed by atoms with Crippen molar-refractivity contribution < 1.29 is 9.59 Å². The molecule has 1 aliphatic heterocycles. The van der Waals surface area contributed by atoms with Crippen molar-refractivity contribution in [3.8, 4) is 0 Å². The first kappa shape index (κ1) is 21.9. The van der Waals surface area contributed by atoms with Gasteiger partial charge in [0.15, 0.2) is 0 Å². The lowest BCUT2D eigenvalue weighted by molar-refractivity contribution is -0.128. The number of hydrogen-bond donors (Lipinski definition) is 2. The molecule has 2 amide bonds. The highest BCUT2D eigenvalue weighted by molar-refractivity contribution is 5.96. The molecule has 1 unspecified atom stereocenters. The maximum Gasteiger partial charge on any atom is 0.243 e. The average Bonchev–Trinajstić information content (AvgIpc) is 2.75. The van der Waals surface area contributed by atoms with E-state index in [1.165, 1.54) is 0 Å². The van der Waals surface area contributed by atoms with Gasteiger partial charge in [-0.2, -0.15) is 0 Å². The van der Waals surface area contributed by atoms with E-state index in [0.717, 1.165) is 55.2 Å². The number of aromatic nitrogens is 1. The third-order valence-electron chi connectivity index (χ3n) is 5.61. The number of aryl methyl sites for hydroxylation is 2. The maximum absolute atomic E-state index is 12.5. The Balaban J connectivity index is 1.42. The standard InChI is InChI=1S/C23H31N5O2/c1-17-7-6-8-18(2)22(17)26-21(29)15-25-23(30)19(3)28-13-11-27(12-14-28)16-20-9-4-5-10-24-20/h4-10,19H,11-16H2,1-3H3,(H,25,30)(H,26,29). The molecule has 0 radical (unpaired) electrons. The van der Waals surface area contributed by atoms with Crippen molar-refractivity contribution in [3.63, 3.8) is 0 Å². The quantitative estimate of drug-likeness (QED) is 0.731. The number of rotatable bonds is 7. The Hall–Kier alpha value is -2.77. The molecular weight excluding hydrogens is 378 g/mol. The molecular formula is C23H31N5O2. The molecule has 3 rings (SSSR count). The lowest BCUT2D eigenvalue weighted by Crippen LogP contribution is -2.54. The van der Waals surface area contributed by atoms with Crippen LogP contribution < -0.4 is 10.6 Å². The number of benzene rings is 1. The molecule has 1 atom stereocenters. The summed E-state index contributed by atoms with van der Waals surface area (Å²) in [6, 6.07) is 11.6. The molecule has 0 aliphatic carbocycles. The van der Waals surface area contributed by atoms with Gasteiger partial charge in [-0.05, 0) is 44.0 Å². The fourth-order valence-electron chi connectivity index (χ4n) is 3.71. The molecule has 160 valence electrons. The van der Waals surface area contributed by atoms with Gasteiger partial charge in [-0.25, -0.2) is 0 Å². The number of carbonyl (C=O) groups excluding carboxylic acids is 2. The highest BCUT2D eigenvalue weighted by Crippen LogP contribution is 2.19. The number of nitrogens with zero attached hydrogens (tertiary/aromatic N) is 3. The molecule has 0 spiro atoms. The molecule has 7 nitrogen and oxygen atoms in total. The summed E-state index contributed by atoms with van der Waals surface area (Å²) in [6.45, 7) is 10.0. The van der Waals surface area contributed by atoms with Gasteiger partial charge in [0.05, 0.1) is 18.3 Å². The van der Waals surface area contributed by atoms with E-state index in [1.807, 2.05) is 63.4 Å². The molecule has 7 heteroatoms. The van der Waals surface area contributed by atoms with Crippen LogP contribution in [0.1, 0.15) is 23.7 Å². The van der Waals surface area contributed by atoms with Gasteiger partial charge in [-0.1, -0.05) is 24.3 Å². The zero-order chi connectivity index (χ0) is 21.5. The molecule has 0 saturated carbocycles.